The highest BCUT2D eigenvalue weighted by Crippen LogP contribution is 2.59. The van der Waals surface area contributed by atoms with Crippen LogP contribution >= 0.6 is 0 Å². The van der Waals surface area contributed by atoms with Gasteiger partial charge in [0.05, 0.1) is 12.6 Å². The van der Waals surface area contributed by atoms with Gasteiger partial charge in [0.25, 0.3) is 0 Å². The lowest BCUT2D eigenvalue weighted by Crippen LogP contribution is -2.67. The van der Waals surface area contributed by atoms with E-state index in [1.165, 1.54) is 6.42 Å². The monoisotopic (exact) mass is 430 g/mol. The molecule has 4 bridgehead atoms. The Morgan fingerprint density at radius 3 is 2.39 bits per heavy atom. The van der Waals surface area contributed by atoms with E-state index in [1.54, 1.807) is 4.90 Å². The average Bonchev–Trinajstić information content (AvgIpc) is 3.12. The average molecular weight is 431 g/mol. The Morgan fingerprint density at radius 2 is 1.81 bits per heavy atom. The lowest BCUT2D eigenvalue weighted by molar-refractivity contribution is -0.154. The van der Waals surface area contributed by atoms with Gasteiger partial charge in [0.2, 0.25) is 5.91 Å². The van der Waals surface area contributed by atoms with Crippen molar-refractivity contribution in [3.8, 4) is 6.07 Å². The van der Waals surface area contributed by atoms with Crippen LogP contribution in [-0.2, 0) is 9.53 Å². The predicted molar refractivity (Wildman–Crippen MR) is 117 cm³/mol. The summed E-state index contributed by atoms with van der Waals surface area (Å²) in [5.74, 6) is 1.11. The molecule has 4 aliphatic carbocycles. The van der Waals surface area contributed by atoms with Crippen LogP contribution in [0.2, 0.25) is 0 Å². The number of nitrogens with zero attached hydrogens (tertiary/aromatic N) is 3. The zero-order valence-corrected chi connectivity index (χ0v) is 19.5. The van der Waals surface area contributed by atoms with Gasteiger partial charge in [-0.15, -0.1) is 0 Å². The number of ether oxygens (including phenoxy) is 1. The molecule has 5 atom stereocenters. The van der Waals surface area contributed by atoms with E-state index in [2.05, 4.69) is 11.4 Å². The first-order chi connectivity index (χ1) is 14.7. The summed E-state index contributed by atoms with van der Waals surface area (Å²) in [5, 5.41) is 12.9. The maximum absolute atomic E-state index is 13.1. The molecule has 0 aromatic heterocycles. The van der Waals surface area contributed by atoms with E-state index in [1.807, 2.05) is 32.6 Å². The predicted octanol–water partition coefficient (Wildman–Crippen LogP) is 3.44. The minimum absolute atomic E-state index is 0.0247. The van der Waals surface area contributed by atoms with Gasteiger partial charge in [0.1, 0.15) is 11.6 Å². The Hall–Kier alpha value is -1.81. The van der Waals surface area contributed by atoms with Gasteiger partial charge in [-0.05, 0) is 84.5 Å². The van der Waals surface area contributed by atoms with Crippen LogP contribution in [0.15, 0.2) is 0 Å². The number of carbonyl (C=O) groups excluding carboxylic acids is 2. The summed E-state index contributed by atoms with van der Waals surface area (Å²) < 4.78 is 6.31. The number of rotatable bonds is 6. The van der Waals surface area contributed by atoms with Gasteiger partial charge in [0.15, 0.2) is 0 Å². The molecule has 7 nitrogen and oxygen atoms in total. The van der Waals surface area contributed by atoms with Crippen molar-refractivity contribution >= 4 is 12.0 Å². The second-order valence-corrected chi connectivity index (χ2v) is 11.1. The molecule has 0 aromatic rings. The second-order valence-electron chi connectivity index (χ2n) is 11.1. The lowest BCUT2D eigenvalue weighted by atomic mass is 9.51. The van der Waals surface area contributed by atoms with Crippen LogP contribution in [0.4, 0.5) is 4.79 Å². The van der Waals surface area contributed by atoms with Gasteiger partial charge in [-0.1, -0.05) is 0 Å². The van der Waals surface area contributed by atoms with Crippen molar-refractivity contribution in [3.05, 3.63) is 0 Å². The number of nitrogens with one attached hydrogen (secondary N) is 1. The molecule has 5 fully saturated rings. The maximum Gasteiger partial charge on any atom is 0.410 e. The summed E-state index contributed by atoms with van der Waals surface area (Å²) in [5.41, 5.74) is -0.551. The highest BCUT2D eigenvalue weighted by atomic mass is 16.6. The highest BCUT2D eigenvalue weighted by Gasteiger charge is 2.60. The minimum Gasteiger partial charge on any atom is -0.443 e. The van der Waals surface area contributed by atoms with Gasteiger partial charge < -0.3 is 19.9 Å². The van der Waals surface area contributed by atoms with Gasteiger partial charge in [-0.25, -0.2) is 4.79 Å². The van der Waals surface area contributed by atoms with Crippen molar-refractivity contribution in [1.82, 2.24) is 15.1 Å². The first kappa shape index (κ1) is 22.4. The van der Waals surface area contributed by atoms with Crippen molar-refractivity contribution in [2.45, 2.75) is 108 Å². The van der Waals surface area contributed by atoms with Crippen molar-refractivity contribution in [2.24, 2.45) is 11.8 Å². The van der Waals surface area contributed by atoms with Crippen molar-refractivity contribution in [3.63, 3.8) is 0 Å². The largest absolute Gasteiger partial charge is 0.443 e. The molecular weight excluding hydrogens is 392 g/mol. The number of hydrogen-bond acceptors (Lipinski definition) is 5. The Morgan fingerprint density at radius 1 is 1.16 bits per heavy atom. The maximum atomic E-state index is 13.1. The van der Waals surface area contributed by atoms with Crippen LogP contribution in [-0.4, -0.2) is 64.2 Å². The zero-order valence-electron chi connectivity index (χ0n) is 19.5. The smallest absolute Gasteiger partial charge is 0.410 e. The van der Waals surface area contributed by atoms with Gasteiger partial charge in [0, 0.05) is 30.6 Å². The van der Waals surface area contributed by atoms with E-state index in [0.717, 1.165) is 44.9 Å². The Balaban J connectivity index is 1.45. The number of likely N-dealkylation sites (tertiary alicyclic amines) is 1. The topological polar surface area (TPSA) is 85.7 Å². The van der Waals surface area contributed by atoms with E-state index in [-0.39, 0.29) is 42.2 Å². The molecule has 2 amide bonds. The van der Waals surface area contributed by atoms with Crippen molar-refractivity contribution in [2.75, 3.05) is 13.1 Å². The lowest BCUT2D eigenvalue weighted by Gasteiger charge is -2.61. The molecule has 7 heteroatoms. The first-order valence-corrected chi connectivity index (χ1v) is 12.1. The van der Waals surface area contributed by atoms with Crippen LogP contribution in [0.5, 0.6) is 0 Å². The minimum atomic E-state index is -0.415. The Kier molecular flexibility index (Phi) is 5.97. The van der Waals surface area contributed by atoms with E-state index in [0.29, 0.717) is 18.4 Å². The number of nitriles is 1. The molecule has 172 valence electrons. The summed E-state index contributed by atoms with van der Waals surface area (Å²) in [6, 6.07) is 2.17. The van der Waals surface area contributed by atoms with Crippen LogP contribution in [0.25, 0.3) is 0 Å². The molecule has 1 saturated heterocycles. The quantitative estimate of drug-likeness (QED) is 0.698. The number of amides is 2. The summed E-state index contributed by atoms with van der Waals surface area (Å²) in [4.78, 5) is 29.5. The van der Waals surface area contributed by atoms with E-state index >= 15 is 0 Å². The highest BCUT2D eigenvalue weighted by molar-refractivity contribution is 5.79. The zero-order chi connectivity index (χ0) is 22.4. The molecule has 1 aliphatic heterocycles. The molecule has 4 saturated carbocycles. The summed E-state index contributed by atoms with van der Waals surface area (Å²) in [7, 11) is 0. The van der Waals surface area contributed by atoms with E-state index < -0.39 is 5.60 Å². The second kappa shape index (κ2) is 8.27. The molecular formula is C24H38N4O3. The third-order valence-corrected chi connectivity index (χ3v) is 7.97. The Labute approximate surface area is 186 Å². The van der Waals surface area contributed by atoms with Crippen LogP contribution in [0, 0.1) is 23.2 Å². The molecule has 1 heterocycles. The van der Waals surface area contributed by atoms with E-state index in [9.17, 15) is 14.9 Å². The molecule has 0 aromatic carbocycles. The van der Waals surface area contributed by atoms with Gasteiger partial charge in [-0.2, -0.15) is 5.26 Å². The van der Waals surface area contributed by atoms with Crippen molar-refractivity contribution in [1.29, 1.82) is 5.26 Å². The number of hydrogen-bond donors (Lipinski definition) is 1. The fourth-order valence-electron chi connectivity index (χ4n) is 7.32. The normalized spacial score (nSPS) is 36.2. The van der Waals surface area contributed by atoms with Crippen LogP contribution < -0.4 is 5.32 Å². The third kappa shape index (κ3) is 4.28. The van der Waals surface area contributed by atoms with E-state index in [4.69, 9.17) is 4.74 Å². The third-order valence-electron chi connectivity index (χ3n) is 7.97. The SMILES string of the molecule is CC(C)N(C(=O)OC12C[C@@H]3C[C@@H](CC(NCC(=O)N4CCC[C@H]4C#N)(C3)C1)C2)C(C)C. The molecule has 0 spiro atoms. The fraction of sp³-hybridized carbons (Fsp3) is 0.875. The molecule has 5 aliphatic rings. The molecule has 2 unspecified atom stereocenters. The standard InChI is InChI=1S/C24H38N4O3/c1-16(2)28(17(3)4)22(30)31-24-11-18-8-19(12-24)10-23(9-18,15-24)26-14-21(29)27-7-5-6-20(27)13-25/h16-20,26H,5-12,14-15H2,1-4H3/t18-,19+,20-,23?,24?/m0/s1. The molecule has 31 heavy (non-hydrogen) atoms. The molecule has 1 N–H and O–H groups in total. The number of carbonyl (C=O) groups is 2. The van der Waals surface area contributed by atoms with Gasteiger partial charge >= 0.3 is 6.09 Å². The molecule has 0 radical (unpaired) electrons. The first-order valence-electron chi connectivity index (χ1n) is 12.1. The van der Waals surface area contributed by atoms with Crippen LogP contribution in [0.3, 0.4) is 0 Å². The summed E-state index contributed by atoms with van der Waals surface area (Å²) in [6.45, 7) is 9.07. The fourth-order valence-corrected chi connectivity index (χ4v) is 7.32. The van der Waals surface area contributed by atoms with Gasteiger partial charge in [-0.3, -0.25) is 4.79 Å². The summed E-state index contributed by atoms with van der Waals surface area (Å²) >= 11 is 0. The van der Waals surface area contributed by atoms with Crippen molar-refractivity contribution < 1.29 is 14.3 Å². The summed E-state index contributed by atoms with van der Waals surface area (Å²) in [6.07, 6.45) is 7.46. The van der Waals surface area contributed by atoms with Crippen LogP contribution in [0.1, 0.15) is 79.1 Å². The Bertz CT molecular complexity index is 736. The molecule has 5 rings (SSSR count).